The van der Waals surface area contributed by atoms with Crippen LogP contribution in [0.4, 0.5) is 12.9 Å². The number of rotatable bonds is 3. The topological polar surface area (TPSA) is 22.0 Å². The summed E-state index contributed by atoms with van der Waals surface area (Å²) in [6.45, 7) is -0.942. The van der Waals surface area contributed by atoms with Crippen LogP contribution in [-0.2, 0) is 6.54 Å². The van der Waals surface area contributed by atoms with E-state index >= 15 is 0 Å². The second-order valence-electron chi connectivity index (χ2n) is 3.40. The van der Waals surface area contributed by atoms with E-state index in [1.165, 1.54) is 12.3 Å². The second kappa shape index (κ2) is 3.96. The first-order chi connectivity index (χ1) is 6.80. The molecule has 0 saturated carbocycles. The number of nitrogens with zero attached hydrogens (tertiary/aromatic N) is 1. The molecule has 0 N–H and O–H groups in total. The van der Waals surface area contributed by atoms with Crippen LogP contribution < -0.4 is 5.56 Å². The van der Waals surface area contributed by atoms with E-state index in [0.29, 0.717) is 0 Å². The molecule has 1 heterocycles. The van der Waals surface area contributed by atoms with Crippen molar-refractivity contribution in [3.8, 4) is 0 Å². The highest BCUT2D eigenvalue weighted by Crippen LogP contribution is 2.18. The zero-order valence-corrected chi connectivity index (χ0v) is 8.21. The Labute approximate surface area is 85.1 Å². The summed E-state index contributed by atoms with van der Waals surface area (Å²) < 4.78 is 37.6. The van der Waals surface area contributed by atoms with Crippen LogP contribution in [0.3, 0.4) is 0 Å². The molecule has 0 bridgehead atoms. The van der Waals surface area contributed by atoms with E-state index < -0.39 is 24.6 Å². The summed E-state index contributed by atoms with van der Waals surface area (Å²) in [7, 11) is 0. The number of allylic oxidation sites excluding steroid dienone is 1. The zero-order chi connectivity index (χ0) is 11.6. The van der Waals surface area contributed by atoms with Crippen LogP contribution in [0.2, 0.25) is 0 Å². The predicted octanol–water partition coefficient (Wildman–Crippen LogP) is 2.10. The Balaban J connectivity index is 2.92. The van der Waals surface area contributed by atoms with Gasteiger partial charge in [0.1, 0.15) is 0 Å². The summed E-state index contributed by atoms with van der Waals surface area (Å²) >= 11 is 0. The zero-order valence-electron chi connectivity index (χ0n) is 8.21. The van der Waals surface area contributed by atoms with Crippen LogP contribution in [-0.4, -0.2) is 11.5 Å². The molecule has 0 fully saturated rings. The molecule has 15 heavy (non-hydrogen) atoms. The van der Waals surface area contributed by atoms with E-state index in [1.807, 2.05) is 0 Å². The molecular formula is C9H10BF3NO-. The van der Waals surface area contributed by atoms with Crippen molar-refractivity contribution in [3.63, 3.8) is 0 Å². The summed E-state index contributed by atoms with van der Waals surface area (Å²) in [4.78, 5) is 11.3. The van der Waals surface area contributed by atoms with Gasteiger partial charge in [-0.1, -0.05) is 0 Å². The van der Waals surface area contributed by atoms with Gasteiger partial charge >= 0.3 is 6.98 Å². The van der Waals surface area contributed by atoms with Crippen molar-refractivity contribution >= 4 is 6.98 Å². The molecule has 6 heteroatoms. The number of aromatic nitrogens is 1. The van der Waals surface area contributed by atoms with Crippen LogP contribution in [0.25, 0.3) is 0 Å². The maximum atomic E-state index is 12.2. The van der Waals surface area contributed by atoms with Gasteiger partial charge in [-0.25, -0.2) is 0 Å². The van der Waals surface area contributed by atoms with Crippen LogP contribution in [0.15, 0.2) is 35.2 Å². The van der Waals surface area contributed by atoms with Gasteiger partial charge in [0.2, 0.25) is 0 Å². The Bertz CT molecular complexity index is 436. The fourth-order valence-corrected chi connectivity index (χ4v) is 1.06. The molecule has 0 aliphatic rings. The third-order valence-electron chi connectivity index (χ3n) is 1.99. The Kier molecular flexibility index (Phi) is 3.07. The third-order valence-corrected chi connectivity index (χ3v) is 1.99. The van der Waals surface area contributed by atoms with Gasteiger partial charge in [0.05, 0.1) is 0 Å². The molecule has 0 amide bonds. The molecule has 0 atom stereocenters. The quantitative estimate of drug-likeness (QED) is 0.709. The summed E-state index contributed by atoms with van der Waals surface area (Å²) in [5, 5.41) is 0. The van der Waals surface area contributed by atoms with Crippen molar-refractivity contribution in [2.45, 2.75) is 13.5 Å². The normalized spacial score (nSPS) is 11.5. The molecule has 1 aromatic rings. The average Bonchev–Trinajstić information content (AvgIpc) is 2.08. The van der Waals surface area contributed by atoms with Crippen LogP contribution in [0.1, 0.15) is 5.56 Å². The molecule has 0 aliphatic heterocycles. The molecular weight excluding hydrogens is 206 g/mol. The monoisotopic (exact) mass is 216 g/mol. The Morgan fingerprint density at radius 1 is 1.53 bits per heavy atom. The third kappa shape index (κ3) is 3.01. The predicted molar refractivity (Wildman–Crippen MR) is 53.7 cm³/mol. The van der Waals surface area contributed by atoms with Gasteiger partial charge in [-0.3, -0.25) is 4.79 Å². The molecule has 0 spiro atoms. The molecule has 82 valence electrons. The molecule has 0 radical (unpaired) electrons. The summed E-state index contributed by atoms with van der Waals surface area (Å²) in [5.41, 5.74) is -0.600. The number of hydrogen-bond donors (Lipinski definition) is 0. The number of hydrogen-bond acceptors (Lipinski definition) is 1. The highest BCUT2D eigenvalue weighted by molar-refractivity contribution is 6.66. The first kappa shape index (κ1) is 11.6. The van der Waals surface area contributed by atoms with Gasteiger partial charge in [-0.2, -0.15) is 0 Å². The lowest BCUT2D eigenvalue weighted by molar-refractivity contribution is 0.481. The molecule has 2 nitrogen and oxygen atoms in total. The summed E-state index contributed by atoms with van der Waals surface area (Å²) in [5.74, 6) is 0. The van der Waals surface area contributed by atoms with E-state index in [1.54, 1.807) is 13.0 Å². The molecule has 1 aromatic heterocycles. The highest BCUT2D eigenvalue weighted by Gasteiger charge is 2.26. The smallest absolute Gasteiger partial charge is 0.445 e. The number of pyridine rings is 1. The average molecular weight is 216 g/mol. The van der Waals surface area contributed by atoms with E-state index in [4.69, 9.17) is 0 Å². The van der Waals surface area contributed by atoms with Gasteiger partial charge in [0.25, 0.3) is 5.56 Å². The highest BCUT2D eigenvalue weighted by atomic mass is 19.4. The van der Waals surface area contributed by atoms with Crippen LogP contribution in [0, 0.1) is 6.92 Å². The molecule has 0 unspecified atom stereocenters. The maximum absolute atomic E-state index is 12.2. The second-order valence-corrected chi connectivity index (χ2v) is 3.40. The van der Waals surface area contributed by atoms with Gasteiger partial charge in [0.15, 0.2) is 0 Å². The minimum atomic E-state index is -5.08. The van der Waals surface area contributed by atoms with Gasteiger partial charge < -0.3 is 17.5 Å². The first-order valence-electron chi connectivity index (χ1n) is 4.35. The Morgan fingerprint density at radius 2 is 2.13 bits per heavy atom. The maximum Gasteiger partial charge on any atom is 0.506 e. The fourth-order valence-electron chi connectivity index (χ4n) is 1.06. The lowest BCUT2D eigenvalue weighted by Gasteiger charge is -2.18. The standard InChI is InChI=1S/C9H10BF3NO/c1-7-3-4-14(9(15)5-7)6-8(2)10(11,12)13/h3-5H,2,6H2,1H3/q-1. The minimum Gasteiger partial charge on any atom is -0.445 e. The van der Waals surface area contributed by atoms with Crippen molar-refractivity contribution in [3.05, 3.63) is 46.3 Å². The lowest BCUT2D eigenvalue weighted by atomic mass is 9.80. The van der Waals surface area contributed by atoms with Crippen molar-refractivity contribution in [1.29, 1.82) is 0 Å². The van der Waals surface area contributed by atoms with E-state index in [0.717, 1.165) is 10.1 Å². The van der Waals surface area contributed by atoms with Gasteiger partial charge in [-0.15, -0.1) is 12.1 Å². The van der Waals surface area contributed by atoms with Gasteiger partial charge in [-0.05, 0) is 18.6 Å². The summed E-state index contributed by atoms with van der Waals surface area (Å²) in [6.07, 6.45) is 1.34. The number of aryl methyl sites for hydroxylation is 1. The fraction of sp³-hybridized carbons (Fsp3) is 0.222. The molecule has 0 aromatic carbocycles. The van der Waals surface area contributed by atoms with Crippen LogP contribution in [0.5, 0.6) is 0 Å². The van der Waals surface area contributed by atoms with Crippen molar-refractivity contribution in [2.24, 2.45) is 0 Å². The van der Waals surface area contributed by atoms with Gasteiger partial charge in [0, 0.05) is 18.8 Å². The Hall–Kier alpha value is -1.46. The van der Waals surface area contributed by atoms with Crippen molar-refractivity contribution in [1.82, 2.24) is 4.57 Å². The first-order valence-corrected chi connectivity index (χ1v) is 4.35. The van der Waals surface area contributed by atoms with E-state index in [2.05, 4.69) is 6.58 Å². The largest absolute Gasteiger partial charge is 0.506 e. The molecule has 0 saturated heterocycles. The Morgan fingerprint density at radius 3 is 2.60 bits per heavy atom. The van der Waals surface area contributed by atoms with Crippen LogP contribution >= 0.6 is 0 Å². The summed E-state index contributed by atoms with van der Waals surface area (Å²) in [6, 6.07) is 2.87. The van der Waals surface area contributed by atoms with E-state index in [-0.39, 0.29) is 0 Å². The van der Waals surface area contributed by atoms with Crippen molar-refractivity contribution < 1.29 is 12.9 Å². The minimum absolute atomic E-state index is 0.448. The van der Waals surface area contributed by atoms with Crippen molar-refractivity contribution in [2.75, 3.05) is 0 Å². The number of halogens is 3. The molecule has 0 aliphatic carbocycles. The lowest BCUT2D eigenvalue weighted by Crippen LogP contribution is -2.27. The molecule has 1 rings (SSSR count). The van der Waals surface area contributed by atoms with E-state index in [9.17, 15) is 17.7 Å². The SMILES string of the molecule is C=C(Cn1ccc(C)cc1=O)[B-](F)(F)F.